The van der Waals surface area contributed by atoms with Gasteiger partial charge in [0.25, 0.3) is 10.0 Å². The summed E-state index contributed by atoms with van der Waals surface area (Å²) in [4.78, 5) is 10.1. The highest BCUT2D eigenvalue weighted by atomic mass is 32.2. The van der Waals surface area contributed by atoms with Crippen LogP contribution in [0.2, 0.25) is 0 Å². The first-order valence-electron chi connectivity index (χ1n) is 6.90. The Morgan fingerprint density at radius 3 is 2.76 bits per heavy atom. The summed E-state index contributed by atoms with van der Waals surface area (Å²) in [6.45, 7) is 3.04. The van der Waals surface area contributed by atoms with Crippen LogP contribution in [0.4, 0.5) is 10.7 Å². The van der Waals surface area contributed by atoms with Crippen molar-refractivity contribution in [2.45, 2.75) is 36.8 Å². The topological polar surface area (TPSA) is 107 Å². The smallest absolute Gasteiger partial charge is 0.304 e. The van der Waals surface area contributed by atoms with Gasteiger partial charge in [-0.1, -0.05) is 24.7 Å². The first kappa shape index (κ1) is 16.2. The number of hydrogen-bond acceptors (Lipinski definition) is 6. The number of sulfonamides is 1. The van der Waals surface area contributed by atoms with Crippen LogP contribution in [0, 0.1) is 16.0 Å². The molecular formula is C12H19N3O4S2. The van der Waals surface area contributed by atoms with E-state index in [0.717, 1.165) is 43.1 Å². The van der Waals surface area contributed by atoms with Gasteiger partial charge in [0, 0.05) is 19.2 Å². The van der Waals surface area contributed by atoms with Crippen molar-refractivity contribution in [3.8, 4) is 0 Å². The van der Waals surface area contributed by atoms with Gasteiger partial charge in [-0.3, -0.25) is 10.1 Å². The number of nitrogens with two attached hydrogens (primary N) is 1. The van der Waals surface area contributed by atoms with Gasteiger partial charge in [-0.25, -0.2) is 8.42 Å². The number of nitrogens with zero attached hydrogens (tertiary/aromatic N) is 2. The van der Waals surface area contributed by atoms with Crippen molar-refractivity contribution in [2.24, 2.45) is 5.92 Å². The molecule has 1 unspecified atom stereocenters. The summed E-state index contributed by atoms with van der Waals surface area (Å²) in [7, 11) is -3.68. The third-order valence-corrected chi connectivity index (χ3v) is 7.19. The average molecular weight is 333 g/mol. The number of nitrogen functional groups attached to an aromatic ring is 1. The van der Waals surface area contributed by atoms with Gasteiger partial charge in [-0.15, -0.1) is 0 Å². The van der Waals surface area contributed by atoms with Crippen LogP contribution < -0.4 is 5.73 Å². The largest absolute Gasteiger partial charge is 0.385 e. The van der Waals surface area contributed by atoms with E-state index in [1.807, 2.05) is 0 Å². The summed E-state index contributed by atoms with van der Waals surface area (Å²) in [5.41, 5.74) is 5.20. The maximum absolute atomic E-state index is 12.6. The Hall–Kier alpha value is -1.19. The maximum atomic E-state index is 12.6. The van der Waals surface area contributed by atoms with Crippen LogP contribution in [0.15, 0.2) is 10.3 Å². The molecule has 0 bridgehead atoms. The van der Waals surface area contributed by atoms with E-state index in [0.29, 0.717) is 19.0 Å². The fraction of sp³-hybridized carbons (Fsp3) is 0.667. The van der Waals surface area contributed by atoms with Crippen LogP contribution in [0.1, 0.15) is 32.6 Å². The molecule has 1 aliphatic heterocycles. The van der Waals surface area contributed by atoms with Crippen LogP contribution in [0.5, 0.6) is 0 Å². The minimum absolute atomic E-state index is 0.0401. The van der Waals surface area contributed by atoms with Crippen molar-refractivity contribution in [3.05, 3.63) is 16.2 Å². The summed E-state index contributed by atoms with van der Waals surface area (Å²) >= 11 is 0.763. The summed E-state index contributed by atoms with van der Waals surface area (Å²) in [5, 5.41) is 10.7. The zero-order chi connectivity index (χ0) is 15.6. The standard InChI is InChI=1S/C12H19N3O4S2/c1-2-9-4-3-6-14(7-5-9)21(18,19)11-8-10(15(16)17)12(13)20-11/h8-9H,2-7,13H2,1H3. The van der Waals surface area contributed by atoms with Crippen molar-refractivity contribution in [1.29, 1.82) is 0 Å². The molecule has 0 saturated carbocycles. The van der Waals surface area contributed by atoms with Crippen LogP contribution >= 0.6 is 11.3 Å². The van der Waals surface area contributed by atoms with Crippen LogP contribution in [0.3, 0.4) is 0 Å². The molecule has 0 amide bonds. The second-order valence-electron chi connectivity index (χ2n) is 5.18. The predicted octanol–water partition coefficient (Wildman–Crippen LogP) is 2.44. The molecule has 1 aliphatic rings. The highest BCUT2D eigenvalue weighted by Gasteiger charge is 2.31. The minimum Gasteiger partial charge on any atom is -0.385 e. The monoisotopic (exact) mass is 333 g/mol. The fourth-order valence-corrected chi connectivity index (χ4v) is 5.42. The molecule has 0 radical (unpaired) electrons. The molecule has 1 saturated heterocycles. The Labute approximate surface area is 127 Å². The molecule has 1 fully saturated rings. The van der Waals surface area contributed by atoms with Crippen molar-refractivity contribution < 1.29 is 13.3 Å². The number of nitro groups is 1. The van der Waals surface area contributed by atoms with Gasteiger partial charge in [0.2, 0.25) is 0 Å². The van der Waals surface area contributed by atoms with E-state index in [1.54, 1.807) is 0 Å². The second-order valence-corrected chi connectivity index (χ2v) is 8.43. The Morgan fingerprint density at radius 2 is 2.19 bits per heavy atom. The molecule has 1 aromatic rings. The van der Waals surface area contributed by atoms with E-state index in [4.69, 9.17) is 5.73 Å². The lowest BCUT2D eigenvalue weighted by Gasteiger charge is -2.18. The summed E-state index contributed by atoms with van der Waals surface area (Å²) < 4.78 is 26.6. The number of thiophene rings is 1. The lowest BCUT2D eigenvalue weighted by atomic mass is 9.98. The SMILES string of the molecule is CCC1CCCN(S(=O)(=O)c2cc([N+](=O)[O-])c(N)s2)CC1. The molecule has 2 N–H and O–H groups in total. The van der Waals surface area contributed by atoms with Gasteiger partial charge >= 0.3 is 5.69 Å². The molecule has 2 heterocycles. The fourth-order valence-electron chi connectivity index (χ4n) is 2.56. The molecule has 7 nitrogen and oxygen atoms in total. The highest BCUT2D eigenvalue weighted by Crippen LogP contribution is 2.36. The predicted molar refractivity (Wildman–Crippen MR) is 81.8 cm³/mol. The van der Waals surface area contributed by atoms with Gasteiger partial charge in [-0.2, -0.15) is 4.31 Å². The molecule has 2 rings (SSSR count). The summed E-state index contributed by atoms with van der Waals surface area (Å²) in [5.74, 6) is 0.549. The van der Waals surface area contributed by atoms with E-state index in [9.17, 15) is 18.5 Å². The quantitative estimate of drug-likeness (QED) is 0.672. The number of anilines is 1. The summed E-state index contributed by atoms with van der Waals surface area (Å²) in [6.07, 6.45) is 3.72. The van der Waals surface area contributed by atoms with Crippen molar-refractivity contribution in [3.63, 3.8) is 0 Å². The molecular weight excluding hydrogens is 314 g/mol. The highest BCUT2D eigenvalue weighted by molar-refractivity contribution is 7.91. The van der Waals surface area contributed by atoms with Crippen LogP contribution in [-0.4, -0.2) is 30.7 Å². The zero-order valence-electron chi connectivity index (χ0n) is 11.8. The Kier molecular flexibility index (Phi) is 4.84. The Morgan fingerprint density at radius 1 is 1.48 bits per heavy atom. The molecule has 0 aliphatic carbocycles. The van der Waals surface area contributed by atoms with Gasteiger partial charge in [0.1, 0.15) is 4.21 Å². The lowest BCUT2D eigenvalue weighted by Crippen LogP contribution is -2.31. The van der Waals surface area contributed by atoms with Gasteiger partial charge in [0.05, 0.1) is 4.92 Å². The molecule has 21 heavy (non-hydrogen) atoms. The third-order valence-electron chi connectivity index (χ3n) is 3.89. The number of rotatable bonds is 4. The first-order chi connectivity index (χ1) is 9.86. The van der Waals surface area contributed by atoms with E-state index >= 15 is 0 Å². The van der Waals surface area contributed by atoms with E-state index < -0.39 is 14.9 Å². The van der Waals surface area contributed by atoms with Gasteiger partial charge < -0.3 is 5.73 Å². The molecule has 0 aromatic carbocycles. The van der Waals surface area contributed by atoms with Crippen LogP contribution in [-0.2, 0) is 10.0 Å². The van der Waals surface area contributed by atoms with Crippen molar-refractivity contribution >= 4 is 32.0 Å². The molecule has 9 heteroatoms. The van der Waals surface area contributed by atoms with Crippen molar-refractivity contribution in [1.82, 2.24) is 4.31 Å². The Bertz CT molecular complexity index is 626. The maximum Gasteiger partial charge on any atom is 0.304 e. The van der Waals surface area contributed by atoms with Crippen molar-refractivity contribution in [2.75, 3.05) is 18.8 Å². The van der Waals surface area contributed by atoms with Crippen LogP contribution in [0.25, 0.3) is 0 Å². The van der Waals surface area contributed by atoms with E-state index in [1.165, 1.54) is 4.31 Å². The number of hydrogen-bond donors (Lipinski definition) is 1. The van der Waals surface area contributed by atoms with E-state index in [2.05, 4.69) is 6.92 Å². The molecule has 1 aromatic heterocycles. The summed E-state index contributed by atoms with van der Waals surface area (Å²) in [6, 6.07) is 1.07. The second kappa shape index (κ2) is 6.29. The normalized spacial score (nSPS) is 21.1. The molecule has 0 spiro atoms. The Balaban J connectivity index is 2.25. The first-order valence-corrected chi connectivity index (χ1v) is 9.15. The van der Waals surface area contributed by atoms with Gasteiger partial charge in [0.15, 0.2) is 5.00 Å². The van der Waals surface area contributed by atoms with Gasteiger partial charge in [-0.05, 0) is 25.2 Å². The molecule has 118 valence electrons. The zero-order valence-corrected chi connectivity index (χ0v) is 13.5. The lowest BCUT2D eigenvalue weighted by molar-refractivity contribution is -0.383. The molecule has 1 atom stereocenters. The third kappa shape index (κ3) is 3.35. The van der Waals surface area contributed by atoms with E-state index in [-0.39, 0.29) is 14.9 Å². The average Bonchev–Trinajstić information content (AvgIpc) is 2.68. The minimum atomic E-state index is -3.68.